The predicted octanol–water partition coefficient (Wildman–Crippen LogP) is -1.37. The second kappa shape index (κ2) is 10.3. The van der Waals surface area contributed by atoms with E-state index in [1.165, 1.54) is 4.90 Å². The first kappa shape index (κ1) is 21.3. The lowest BCUT2D eigenvalue weighted by Crippen LogP contribution is -2.49. The average Bonchev–Trinajstić information content (AvgIpc) is 2.59. The number of thiocarbonyl (C=S) groups is 1. The highest BCUT2D eigenvalue weighted by atomic mass is 32.1. The second-order valence-electron chi connectivity index (χ2n) is 5.44. The van der Waals surface area contributed by atoms with Crippen LogP contribution in [-0.2, 0) is 13.2 Å². The molecule has 0 aliphatic carbocycles. The Morgan fingerprint density at radius 2 is 1.46 bits per heavy atom. The number of thiol groups is 1. The van der Waals surface area contributed by atoms with Crippen LogP contribution in [0.25, 0.3) is 0 Å². The van der Waals surface area contributed by atoms with E-state index in [9.17, 15) is 20.4 Å². The Morgan fingerprint density at radius 1 is 0.958 bits per heavy atom. The Hall–Kier alpha value is -0.780. The fourth-order valence-corrected chi connectivity index (χ4v) is 2.37. The van der Waals surface area contributed by atoms with Crippen molar-refractivity contribution in [3.8, 4) is 0 Å². The Balaban J connectivity index is 2.72. The number of aliphatic hydroxyl groups excluding tert-OH is 6. The summed E-state index contributed by atoms with van der Waals surface area (Å²) in [6.45, 7) is -0.626. The van der Waals surface area contributed by atoms with E-state index in [0.717, 1.165) is 11.1 Å². The lowest BCUT2D eigenvalue weighted by atomic mass is 10.0. The number of aliphatic hydroxyl groups is 6. The Bertz CT molecular complexity index is 515. The van der Waals surface area contributed by atoms with Crippen LogP contribution in [0.1, 0.15) is 11.1 Å². The van der Waals surface area contributed by atoms with E-state index >= 15 is 0 Å². The van der Waals surface area contributed by atoms with Gasteiger partial charge in [-0.15, -0.1) is 12.6 Å². The normalized spacial score (nSPS) is 16.3. The fourth-order valence-electron chi connectivity index (χ4n) is 2.08. The maximum atomic E-state index is 10.0. The predicted molar refractivity (Wildman–Crippen MR) is 95.5 cm³/mol. The Labute approximate surface area is 151 Å². The van der Waals surface area contributed by atoms with Gasteiger partial charge in [0.2, 0.25) is 0 Å². The summed E-state index contributed by atoms with van der Waals surface area (Å²) < 4.78 is 0.185. The van der Waals surface area contributed by atoms with Crippen molar-refractivity contribution >= 4 is 29.2 Å². The monoisotopic (exact) mass is 377 g/mol. The molecule has 0 aliphatic rings. The van der Waals surface area contributed by atoms with Crippen molar-refractivity contribution in [1.82, 2.24) is 4.90 Å². The zero-order valence-electron chi connectivity index (χ0n) is 12.9. The standard InChI is InChI=1S/C15H23NO6S2/c17-7-10-3-1-9(2-4-10)5-16(15(23)24)6-11(19)13(21)14(22)12(20)8-18/h1-4,11-14,17-22H,5-8H2,(H,23,24). The lowest BCUT2D eigenvalue weighted by Gasteiger charge is -2.30. The molecule has 7 nitrogen and oxygen atoms in total. The van der Waals surface area contributed by atoms with Crippen molar-refractivity contribution in [1.29, 1.82) is 0 Å². The number of hydrogen-bond donors (Lipinski definition) is 7. The van der Waals surface area contributed by atoms with Gasteiger partial charge in [0.15, 0.2) is 0 Å². The third kappa shape index (κ3) is 6.26. The SMILES string of the molecule is OCc1ccc(CN(CC(O)C(O)C(O)C(O)CO)C(=S)S)cc1. The van der Waals surface area contributed by atoms with Crippen molar-refractivity contribution in [2.24, 2.45) is 0 Å². The van der Waals surface area contributed by atoms with Crippen molar-refractivity contribution in [2.75, 3.05) is 13.2 Å². The first-order valence-electron chi connectivity index (χ1n) is 7.29. The van der Waals surface area contributed by atoms with Crippen LogP contribution in [-0.4, -0.2) is 77.4 Å². The minimum atomic E-state index is -1.69. The zero-order valence-corrected chi connectivity index (χ0v) is 14.6. The van der Waals surface area contributed by atoms with Gasteiger partial charge in [0.05, 0.1) is 13.2 Å². The van der Waals surface area contributed by atoms with Gasteiger partial charge in [0.1, 0.15) is 28.7 Å². The topological polar surface area (TPSA) is 125 Å². The molecule has 6 N–H and O–H groups in total. The van der Waals surface area contributed by atoms with Crippen molar-refractivity contribution in [2.45, 2.75) is 37.6 Å². The second-order valence-corrected chi connectivity index (χ2v) is 6.55. The molecule has 1 aromatic rings. The van der Waals surface area contributed by atoms with Gasteiger partial charge in [0.25, 0.3) is 0 Å². The first-order chi connectivity index (χ1) is 11.3. The van der Waals surface area contributed by atoms with Crippen LogP contribution in [0, 0.1) is 0 Å². The summed E-state index contributed by atoms with van der Waals surface area (Å²) in [4.78, 5) is 1.51. The molecule has 136 valence electrons. The molecule has 1 aromatic carbocycles. The molecule has 0 aliphatic heterocycles. The summed E-state index contributed by atoms with van der Waals surface area (Å²) >= 11 is 9.10. The summed E-state index contributed by atoms with van der Waals surface area (Å²) in [6.07, 6.45) is -6.32. The number of hydrogen-bond acceptors (Lipinski definition) is 7. The maximum absolute atomic E-state index is 10.0. The van der Waals surface area contributed by atoms with Crippen LogP contribution in [0.3, 0.4) is 0 Å². The van der Waals surface area contributed by atoms with E-state index in [-0.39, 0.29) is 17.5 Å². The lowest BCUT2D eigenvalue weighted by molar-refractivity contribution is -0.117. The van der Waals surface area contributed by atoms with Crippen LogP contribution in [0.2, 0.25) is 0 Å². The minimum absolute atomic E-state index is 0.0645. The molecule has 24 heavy (non-hydrogen) atoms. The fraction of sp³-hybridized carbons (Fsp3) is 0.533. The number of nitrogens with zero attached hydrogens (tertiary/aromatic N) is 1. The summed E-state index contributed by atoms with van der Waals surface area (Å²) in [5, 5.41) is 56.7. The molecule has 0 saturated heterocycles. The summed E-state index contributed by atoms with van der Waals surface area (Å²) in [7, 11) is 0. The molecule has 9 heteroatoms. The molecule has 1 rings (SSSR count). The third-order valence-corrected chi connectivity index (χ3v) is 4.12. The number of benzene rings is 1. The van der Waals surface area contributed by atoms with Crippen LogP contribution in [0.5, 0.6) is 0 Å². The summed E-state index contributed by atoms with van der Waals surface area (Å²) in [5.74, 6) is 0. The minimum Gasteiger partial charge on any atom is -0.394 e. The highest BCUT2D eigenvalue weighted by Gasteiger charge is 2.31. The van der Waals surface area contributed by atoms with E-state index in [0.29, 0.717) is 6.54 Å². The average molecular weight is 377 g/mol. The van der Waals surface area contributed by atoms with Gasteiger partial charge >= 0.3 is 0 Å². The highest BCUT2D eigenvalue weighted by molar-refractivity contribution is 8.10. The molecule has 0 heterocycles. The van der Waals surface area contributed by atoms with Crippen molar-refractivity contribution in [3.05, 3.63) is 35.4 Å². The molecule has 0 radical (unpaired) electrons. The molecule has 4 atom stereocenters. The molecule has 0 spiro atoms. The van der Waals surface area contributed by atoms with E-state index in [2.05, 4.69) is 12.6 Å². The van der Waals surface area contributed by atoms with Gasteiger partial charge in [-0.3, -0.25) is 0 Å². The van der Waals surface area contributed by atoms with Crippen molar-refractivity contribution < 1.29 is 30.6 Å². The van der Waals surface area contributed by atoms with Gasteiger partial charge in [-0.05, 0) is 11.1 Å². The quantitative estimate of drug-likeness (QED) is 0.208. The Kier molecular flexibility index (Phi) is 9.09. The molecule has 0 saturated carbocycles. The van der Waals surface area contributed by atoms with Gasteiger partial charge < -0.3 is 35.5 Å². The van der Waals surface area contributed by atoms with Gasteiger partial charge in [-0.25, -0.2) is 0 Å². The zero-order chi connectivity index (χ0) is 18.3. The molecule has 0 bridgehead atoms. The molecule has 4 unspecified atom stereocenters. The molecule has 0 fully saturated rings. The van der Waals surface area contributed by atoms with E-state index in [1.807, 2.05) is 0 Å². The van der Waals surface area contributed by atoms with E-state index < -0.39 is 31.0 Å². The largest absolute Gasteiger partial charge is 0.394 e. The highest BCUT2D eigenvalue weighted by Crippen LogP contribution is 2.13. The molecule has 0 amide bonds. The van der Waals surface area contributed by atoms with Crippen molar-refractivity contribution in [3.63, 3.8) is 0 Å². The smallest absolute Gasteiger partial charge is 0.133 e. The summed E-state index contributed by atoms with van der Waals surface area (Å²) in [5.41, 5.74) is 1.61. The third-order valence-electron chi connectivity index (χ3n) is 3.58. The van der Waals surface area contributed by atoms with Gasteiger partial charge in [-0.1, -0.05) is 36.5 Å². The van der Waals surface area contributed by atoms with Crippen LogP contribution < -0.4 is 0 Å². The molecular weight excluding hydrogens is 354 g/mol. The van der Waals surface area contributed by atoms with Gasteiger partial charge in [0, 0.05) is 13.1 Å². The van der Waals surface area contributed by atoms with Gasteiger partial charge in [-0.2, -0.15) is 0 Å². The first-order valence-corrected chi connectivity index (χ1v) is 8.15. The molecular formula is C15H23NO6S2. The van der Waals surface area contributed by atoms with Crippen LogP contribution >= 0.6 is 24.8 Å². The Morgan fingerprint density at radius 3 is 1.92 bits per heavy atom. The number of rotatable bonds is 9. The van der Waals surface area contributed by atoms with E-state index in [4.69, 9.17) is 22.4 Å². The molecule has 0 aromatic heterocycles. The maximum Gasteiger partial charge on any atom is 0.133 e. The van der Waals surface area contributed by atoms with Crippen LogP contribution in [0.15, 0.2) is 24.3 Å². The summed E-state index contributed by atoms with van der Waals surface area (Å²) in [6, 6.07) is 7.08. The van der Waals surface area contributed by atoms with Crippen LogP contribution in [0.4, 0.5) is 0 Å². The van der Waals surface area contributed by atoms with E-state index in [1.54, 1.807) is 24.3 Å².